The monoisotopic (exact) mass is 276 g/mol. The highest BCUT2D eigenvalue weighted by Crippen LogP contribution is 2.29. The first-order chi connectivity index (χ1) is 9.84. The van der Waals surface area contributed by atoms with E-state index in [-0.39, 0.29) is 0 Å². The summed E-state index contributed by atoms with van der Waals surface area (Å²) in [5.74, 6) is 0.618. The number of nitrogens with one attached hydrogen (secondary N) is 1. The summed E-state index contributed by atoms with van der Waals surface area (Å²) in [5, 5.41) is 3.69. The van der Waals surface area contributed by atoms with Crippen LogP contribution in [0.3, 0.4) is 0 Å². The highest BCUT2D eigenvalue weighted by Gasteiger charge is 2.23. The van der Waals surface area contributed by atoms with Gasteiger partial charge in [0, 0.05) is 31.7 Å². The van der Waals surface area contributed by atoms with Crippen LogP contribution in [-0.4, -0.2) is 45.6 Å². The third-order valence-electron chi connectivity index (χ3n) is 4.31. The normalized spacial score (nSPS) is 24.6. The molecular formula is C16H24N2O2. The first-order valence-corrected chi connectivity index (χ1v) is 7.60. The van der Waals surface area contributed by atoms with Gasteiger partial charge in [-0.05, 0) is 25.5 Å². The average molecular weight is 276 g/mol. The number of anilines is 2. The van der Waals surface area contributed by atoms with Crippen LogP contribution in [-0.2, 0) is 9.47 Å². The van der Waals surface area contributed by atoms with Gasteiger partial charge in [-0.15, -0.1) is 0 Å². The average Bonchev–Trinajstić information content (AvgIpc) is 3.03. The number of hydrogen-bond donors (Lipinski definition) is 1. The molecule has 0 aliphatic carbocycles. The Morgan fingerprint density at radius 2 is 1.95 bits per heavy atom. The van der Waals surface area contributed by atoms with Crippen molar-refractivity contribution in [1.29, 1.82) is 0 Å². The Bertz CT molecular complexity index is 426. The van der Waals surface area contributed by atoms with Crippen LogP contribution in [0.5, 0.6) is 0 Å². The van der Waals surface area contributed by atoms with Crippen molar-refractivity contribution in [2.45, 2.75) is 19.4 Å². The molecule has 2 saturated heterocycles. The molecule has 20 heavy (non-hydrogen) atoms. The largest absolute Gasteiger partial charge is 0.381 e. The van der Waals surface area contributed by atoms with Crippen LogP contribution in [0.25, 0.3) is 0 Å². The van der Waals surface area contributed by atoms with Crippen LogP contribution in [0, 0.1) is 5.92 Å². The number of benzene rings is 1. The smallest absolute Gasteiger partial charge is 0.0642 e. The van der Waals surface area contributed by atoms with E-state index < -0.39 is 0 Å². The van der Waals surface area contributed by atoms with E-state index in [1.165, 1.54) is 11.4 Å². The van der Waals surface area contributed by atoms with E-state index in [0.29, 0.717) is 12.0 Å². The Morgan fingerprint density at radius 3 is 2.70 bits per heavy atom. The molecule has 0 bridgehead atoms. The fourth-order valence-electron chi connectivity index (χ4n) is 2.99. The summed E-state index contributed by atoms with van der Waals surface area (Å²) in [6, 6.07) is 9.03. The molecule has 4 nitrogen and oxygen atoms in total. The molecule has 0 radical (unpaired) electrons. The lowest BCUT2D eigenvalue weighted by Gasteiger charge is -2.32. The van der Waals surface area contributed by atoms with Crippen LogP contribution in [0.2, 0.25) is 0 Å². The second-order valence-electron chi connectivity index (χ2n) is 5.67. The lowest BCUT2D eigenvalue weighted by Crippen LogP contribution is -2.37. The summed E-state index contributed by atoms with van der Waals surface area (Å²) in [6.45, 7) is 7.63. The molecule has 2 heterocycles. The Kier molecular flexibility index (Phi) is 4.43. The van der Waals surface area contributed by atoms with E-state index in [4.69, 9.17) is 9.47 Å². The van der Waals surface area contributed by atoms with Crippen molar-refractivity contribution in [1.82, 2.24) is 0 Å². The molecule has 0 aromatic heterocycles. The summed E-state index contributed by atoms with van der Waals surface area (Å²) in [6.07, 6.45) is 1.16. The van der Waals surface area contributed by atoms with E-state index >= 15 is 0 Å². The maximum atomic E-state index is 5.50. The standard InChI is InChI=1S/C16H24N2O2/c1-13(14-6-9-20-12-14)17-15-4-2-3-5-16(15)18-7-10-19-11-8-18/h2-5,13-14,17H,6-12H2,1H3. The molecule has 1 aromatic carbocycles. The molecule has 0 saturated carbocycles. The quantitative estimate of drug-likeness (QED) is 0.915. The highest BCUT2D eigenvalue weighted by molar-refractivity contribution is 5.70. The van der Waals surface area contributed by atoms with E-state index in [0.717, 1.165) is 45.9 Å². The molecule has 2 fully saturated rings. The second kappa shape index (κ2) is 6.46. The van der Waals surface area contributed by atoms with Crippen LogP contribution in [0.15, 0.2) is 24.3 Å². The van der Waals surface area contributed by atoms with Crippen molar-refractivity contribution in [3.8, 4) is 0 Å². The number of para-hydroxylation sites is 2. The van der Waals surface area contributed by atoms with Crippen LogP contribution < -0.4 is 10.2 Å². The maximum Gasteiger partial charge on any atom is 0.0642 e. The molecular weight excluding hydrogens is 252 g/mol. The predicted molar refractivity (Wildman–Crippen MR) is 81.5 cm³/mol. The molecule has 1 aromatic rings. The molecule has 0 amide bonds. The van der Waals surface area contributed by atoms with Crippen LogP contribution in [0.1, 0.15) is 13.3 Å². The van der Waals surface area contributed by atoms with E-state index in [1.807, 2.05) is 0 Å². The SMILES string of the molecule is CC(Nc1ccccc1N1CCOCC1)C1CCOC1. The minimum atomic E-state index is 0.444. The maximum absolute atomic E-state index is 5.50. The van der Waals surface area contributed by atoms with Gasteiger partial charge in [0.05, 0.1) is 31.2 Å². The zero-order valence-electron chi connectivity index (χ0n) is 12.2. The van der Waals surface area contributed by atoms with Crippen molar-refractivity contribution in [2.75, 3.05) is 49.7 Å². The van der Waals surface area contributed by atoms with Gasteiger partial charge in [0.1, 0.15) is 0 Å². The topological polar surface area (TPSA) is 33.7 Å². The van der Waals surface area contributed by atoms with E-state index in [9.17, 15) is 0 Å². The van der Waals surface area contributed by atoms with Crippen molar-refractivity contribution in [2.24, 2.45) is 5.92 Å². The summed E-state index contributed by atoms with van der Waals surface area (Å²) >= 11 is 0. The molecule has 0 spiro atoms. The van der Waals surface area contributed by atoms with Gasteiger partial charge in [-0.3, -0.25) is 0 Å². The zero-order chi connectivity index (χ0) is 13.8. The summed E-state index contributed by atoms with van der Waals surface area (Å²) in [7, 11) is 0. The molecule has 2 unspecified atom stereocenters. The van der Waals surface area contributed by atoms with Crippen molar-refractivity contribution >= 4 is 11.4 Å². The Balaban J connectivity index is 1.71. The molecule has 3 rings (SSSR count). The summed E-state index contributed by atoms with van der Waals surface area (Å²) < 4.78 is 10.9. The third kappa shape index (κ3) is 3.07. The number of ether oxygens (including phenoxy) is 2. The van der Waals surface area contributed by atoms with Gasteiger partial charge in [0.25, 0.3) is 0 Å². The van der Waals surface area contributed by atoms with Gasteiger partial charge >= 0.3 is 0 Å². The number of morpholine rings is 1. The highest BCUT2D eigenvalue weighted by atomic mass is 16.5. The number of rotatable bonds is 4. The van der Waals surface area contributed by atoms with Gasteiger partial charge in [-0.25, -0.2) is 0 Å². The molecule has 2 aliphatic heterocycles. The van der Waals surface area contributed by atoms with Crippen molar-refractivity contribution in [3.63, 3.8) is 0 Å². The fraction of sp³-hybridized carbons (Fsp3) is 0.625. The van der Waals surface area contributed by atoms with E-state index in [1.54, 1.807) is 0 Å². The van der Waals surface area contributed by atoms with Gasteiger partial charge < -0.3 is 19.7 Å². The van der Waals surface area contributed by atoms with Crippen molar-refractivity contribution < 1.29 is 9.47 Å². The molecule has 1 N–H and O–H groups in total. The van der Waals surface area contributed by atoms with Crippen LogP contribution >= 0.6 is 0 Å². The second-order valence-corrected chi connectivity index (χ2v) is 5.67. The minimum absolute atomic E-state index is 0.444. The molecule has 4 heteroatoms. The van der Waals surface area contributed by atoms with Gasteiger partial charge in [-0.1, -0.05) is 12.1 Å². The Morgan fingerprint density at radius 1 is 1.15 bits per heavy atom. The lowest BCUT2D eigenvalue weighted by atomic mass is 10.0. The molecule has 2 aliphatic rings. The van der Waals surface area contributed by atoms with Gasteiger partial charge in [-0.2, -0.15) is 0 Å². The minimum Gasteiger partial charge on any atom is -0.381 e. The first-order valence-electron chi connectivity index (χ1n) is 7.60. The third-order valence-corrected chi connectivity index (χ3v) is 4.31. The van der Waals surface area contributed by atoms with Gasteiger partial charge in [0.2, 0.25) is 0 Å². The lowest BCUT2D eigenvalue weighted by molar-refractivity contribution is 0.123. The first kappa shape index (κ1) is 13.7. The molecule has 110 valence electrons. The summed E-state index contributed by atoms with van der Waals surface area (Å²) in [5.41, 5.74) is 2.52. The number of nitrogens with zero attached hydrogens (tertiary/aromatic N) is 1. The van der Waals surface area contributed by atoms with E-state index in [2.05, 4.69) is 41.4 Å². The van der Waals surface area contributed by atoms with Crippen molar-refractivity contribution in [3.05, 3.63) is 24.3 Å². The summed E-state index contributed by atoms with van der Waals surface area (Å²) in [4.78, 5) is 2.41. The fourth-order valence-corrected chi connectivity index (χ4v) is 2.99. The number of hydrogen-bond acceptors (Lipinski definition) is 4. The Labute approximate surface area is 121 Å². The Hall–Kier alpha value is -1.26. The predicted octanol–water partition coefficient (Wildman–Crippen LogP) is 2.36. The van der Waals surface area contributed by atoms with Gasteiger partial charge in [0.15, 0.2) is 0 Å². The molecule has 2 atom stereocenters. The van der Waals surface area contributed by atoms with Crippen LogP contribution in [0.4, 0.5) is 11.4 Å². The zero-order valence-corrected chi connectivity index (χ0v) is 12.2.